The largest absolute Gasteiger partial charge is 0.495 e. The molecule has 0 spiro atoms. The Morgan fingerprint density at radius 1 is 1.14 bits per heavy atom. The molecule has 0 aliphatic carbocycles. The van der Waals surface area contributed by atoms with Crippen LogP contribution in [0.1, 0.15) is 40.7 Å². The maximum Gasteiger partial charge on any atom is 0.253 e. The van der Waals surface area contributed by atoms with E-state index in [1.165, 1.54) is 10.9 Å². The zero-order valence-electron chi connectivity index (χ0n) is 20.0. The second-order valence-electron chi connectivity index (χ2n) is 9.17. The van der Waals surface area contributed by atoms with Crippen molar-refractivity contribution in [1.29, 1.82) is 0 Å². The van der Waals surface area contributed by atoms with Gasteiger partial charge >= 0.3 is 0 Å². The van der Waals surface area contributed by atoms with Crippen molar-refractivity contribution in [2.24, 2.45) is 5.92 Å². The number of benzene rings is 2. The van der Waals surface area contributed by atoms with Gasteiger partial charge in [-0.05, 0) is 73.1 Å². The Balaban J connectivity index is 1.24. The first-order valence-corrected chi connectivity index (χ1v) is 12.2. The van der Waals surface area contributed by atoms with E-state index in [0.717, 1.165) is 61.3 Å². The number of nitrogens with zero attached hydrogens (tertiary/aromatic N) is 3. The third-order valence-electron chi connectivity index (χ3n) is 6.87. The van der Waals surface area contributed by atoms with Crippen LogP contribution in [0.3, 0.4) is 0 Å². The lowest BCUT2D eigenvalue weighted by Crippen LogP contribution is -2.32. The number of carbonyl (C=O) groups is 1. The van der Waals surface area contributed by atoms with E-state index in [4.69, 9.17) is 4.74 Å². The first-order chi connectivity index (χ1) is 17.2. The maximum absolute atomic E-state index is 13.4. The fourth-order valence-corrected chi connectivity index (χ4v) is 4.95. The van der Waals surface area contributed by atoms with E-state index >= 15 is 0 Å². The third kappa shape index (κ3) is 5.29. The normalized spacial score (nSPS) is 16.1. The highest BCUT2D eigenvalue weighted by Gasteiger charge is 2.23. The van der Waals surface area contributed by atoms with Crippen molar-refractivity contribution in [3.63, 3.8) is 0 Å². The fourth-order valence-electron chi connectivity index (χ4n) is 4.95. The molecule has 2 aromatic heterocycles. The second-order valence-corrected chi connectivity index (χ2v) is 9.17. The molecule has 5 rings (SSSR count). The number of methoxy groups -OCH3 is 1. The van der Waals surface area contributed by atoms with Crippen molar-refractivity contribution < 1.29 is 9.53 Å². The van der Waals surface area contributed by atoms with Gasteiger partial charge in [0.25, 0.3) is 5.91 Å². The molecule has 1 aliphatic rings. The van der Waals surface area contributed by atoms with Gasteiger partial charge in [0.2, 0.25) is 0 Å². The van der Waals surface area contributed by atoms with Crippen molar-refractivity contribution in [3.05, 3.63) is 83.8 Å². The average molecular weight is 470 g/mol. The molecule has 7 nitrogen and oxygen atoms in total. The number of pyridine rings is 1. The molecular weight excluding hydrogens is 438 g/mol. The minimum atomic E-state index is 0.0784. The zero-order chi connectivity index (χ0) is 24.0. The van der Waals surface area contributed by atoms with Gasteiger partial charge in [-0.15, -0.1) is 0 Å². The number of likely N-dealkylation sites (tertiary alicyclic amines) is 1. The fraction of sp³-hybridized carbons (Fsp3) is 0.321. The van der Waals surface area contributed by atoms with Crippen LogP contribution >= 0.6 is 0 Å². The average Bonchev–Trinajstić information content (AvgIpc) is 3.27. The number of H-pyrrole nitrogens is 1. The molecule has 4 aromatic rings. The summed E-state index contributed by atoms with van der Waals surface area (Å²) in [4.78, 5) is 19.6. The molecule has 1 fully saturated rings. The number of ether oxygens (including phenoxy) is 1. The van der Waals surface area contributed by atoms with E-state index in [1.54, 1.807) is 13.3 Å². The van der Waals surface area contributed by atoms with Crippen LogP contribution in [-0.4, -0.2) is 46.2 Å². The Morgan fingerprint density at radius 3 is 2.94 bits per heavy atom. The minimum Gasteiger partial charge on any atom is -0.495 e. The number of hydrogen-bond donors (Lipinski definition) is 2. The smallest absolute Gasteiger partial charge is 0.253 e. The van der Waals surface area contributed by atoms with Crippen LogP contribution in [0.4, 0.5) is 5.69 Å². The summed E-state index contributed by atoms with van der Waals surface area (Å²) in [6, 6.07) is 15.9. The quantitative estimate of drug-likeness (QED) is 0.395. The lowest BCUT2D eigenvalue weighted by atomic mass is 9.91. The lowest BCUT2D eigenvalue weighted by molar-refractivity contribution is 0.0760. The summed E-state index contributed by atoms with van der Waals surface area (Å²) < 4.78 is 5.52. The van der Waals surface area contributed by atoms with Gasteiger partial charge in [-0.3, -0.25) is 14.9 Å². The monoisotopic (exact) mass is 469 g/mol. The summed E-state index contributed by atoms with van der Waals surface area (Å²) in [5.74, 6) is 1.35. The summed E-state index contributed by atoms with van der Waals surface area (Å²) in [6.07, 6.45) is 9.66. The Bertz CT molecular complexity index is 1290. The number of nitrogens with one attached hydrogen (secondary N) is 2. The van der Waals surface area contributed by atoms with Crippen LogP contribution in [0, 0.1) is 5.92 Å². The highest BCUT2D eigenvalue weighted by atomic mass is 16.5. The van der Waals surface area contributed by atoms with E-state index in [2.05, 4.69) is 38.7 Å². The van der Waals surface area contributed by atoms with Gasteiger partial charge in [0, 0.05) is 43.0 Å². The van der Waals surface area contributed by atoms with Gasteiger partial charge in [0.05, 0.1) is 24.5 Å². The zero-order valence-corrected chi connectivity index (χ0v) is 20.0. The number of rotatable bonds is 7. The van der Waals surface area contributed by atoms with E-state index < -0.39 is 0 Å². The molecule has 1 saturated heterocycles. The van der Waals surface area contributed by atoms with Gasteiger partial charge in [0.15, 0.2) is 0 Å². The second kappa shape index (κ2) is 10.6. The van der Waals surface area contributed by atoms with Gasteiger partial charge in [-0.1, -0.05) is 18.2 Å². The molecule has 0 bridgehead atoms. The van der Waals surface area contributed by atoms with Crippen LogP contribution in [0.5, 0.6) is 5.75 Å². The molecule has 2 N–H and O–H groups in total. The Labute approximate surface area is 205 Å². The number of fused-ring (bicyclic) bond motifs is 1. The summed E-state index contributed by atoms with van der Waals surface area (Å²) in [5.41, 5.74) is 4.97. The number of carbonyl (C=O) groups excluding carboxylic acids is 1. The molecule has 1 atom stereocenters. The molecule has 3 heterocycles. The number of aromatic amines is 1. The minimum absolute atomic E-state index is 0.0784. The van der Waals surface area contributed by atoms with Gasteiger partial charge in [-0.25, -0.2) is 0 Å². The van der Waals surface area contributed by atoms with Crippen LogP contribution in [-0.2, 0) is 13.0 Å². The predicted molar refractivity (Wildman–Crippen MR) is 138 cm³/mol. The number of hydrogen-bond acceptors (Lipinski definition) is 5. The van der Waals surface area contributed by atoms with Crippen LogP contribution < -0.4 is 10.1 Å². The van der Waals surface area contributed by atoms with Crippen molar-refractivity contribution in [2.45, 2.75) is 32.2 Å². The van der Waals surface area contributed by atoms with Crippen LogP contribution in [0.25, 0.3) is 10.9 Å². The van der Waals surface area contributed by atoms with Crippen LogP contribution in [0.15, 0.2) is 67.1 Å². The summed E-state index contributed by atoms with van der Waals surface area (Å²) in [5, 5.41) is 11.9. The number of amides is 1. The predicted octanol–water partition coefficient (Wildman–Crippen LogP) is 5.06. The molecule has 7 heteroatoms. The van der Waals surface area contributed by atoms with E-state index in [0.29, 0.717) is 18.0 Å². The first-order valence-electron chi connectivity index (χ1n) is 12.2. The Morgan fingerprint density at radius 2 is 2.09 bits per heavy atom. The van der Waals surface area contributed by atoms with E-state index in [1.807, 2.05) is 47.6 Å². The summed E-state index contributed by atoms with van der Waals surface area (Å²) >= 11 is 0. The van der Waals surface area contributed by atoms with Gasteiger partial charge in [-0.2, -0.15) is 5.10 Å². The van der Waals surface area contributed by atoms with Gasteiger partial charge < -0.3 is 15.0 Å². The highest BCUT2D eigenvalue weighted by molar-refractivity contribution is 5.95. The van der Waals surface area contributed by atoms with Crippen molar-refractivity contribution in [3.8, 4) is 5.75 Å². The highest BCUT2D eigenvalue weighted by Crippen LogP contribution is 2.29. The molecule has 0 unspecified atom stereocenters. The molecule has 1 aliphatic heterocycles. The number of anilines is 1. The Hall–Kier alpha value is -3.87. The summed E-state index contributed by atoms with van der Waals surface area (Å²) in [6.45, 7) is 2.17. The molecule has 180 valence electrons. The molecular formula is C28H31N5O2. The maximum atomic E-state index is 13.4. The van der Waals surface area contributed by atoms with Crippen molar-refractivity contribution in [1.82, 2.24) is 20.1 Å². The molecule has 1 amide bonds. The van der Waals surface area contributed by atoms with Gasteiger partial charge in [0.1, 0.15) is 5.75 Å². The van der Waals surface area contributed by atoms with E-state index in [-0.39, 0.29) is 5.91 Å². The van der Waals surface area contributed by atoms with Crippen molar-refractivity contribution >= 4 is 22.5 Å². The SMILES string of the molecule is COc1ccc(C(=O)N2CCC[C@H](Cc3cccc4[nH]ncc34)CC2)cc1NCc1cccnc1. The number of aromatic nitrogens is 3. The standard InChI is InChI=1S/C28H31N5O2/c1-35-27-10-9-23(16-26(27)30-18-21-5-3-12-29-17-21)28(34)33-13-4-6-20(11-14-33)15-22-7-2-8-25-24(22)19-31-32-25/h2-3,5,7-10,12,16-17,19-20,30H,4,6,11,13-15,18H2,1H3,(H,31,32)/t20-/m0/s1. The molecule has 0 saturated carbocycles. The summed E-state index contributed by atoms with van der Waals surface area (Å²) in [7, 11) is 1.64. The molecule has 35 heavy (non-hydrogen) atoms. The molecule has 0 radical (unpaired) electrons. The van der Waals surface area contributed by atoms with Crippen LogP contribution in [0.2, 0.25) is 0 Å². The lowest BCUT2D eigenvalue weighted by Gasteiger charge is -2.22. The molecule has 2 aromatic carbocycles. The third-order valence-corrected chi connectivity index (χ3v) is 6.87. The first kappa shape index (κ1) is 22.9. The van der Waals surface area contributed by atoms with E-state index in [9.17, 15) is 4.79 Å². The Kier molecular flexibility index (Phi) is 6.93. The topological polar surface area (TPSA) is 83.1 Å². The van der Waals surface area contributed by atoms with Crippen molar-refractivity contribution in [2.75, 3.05) is 25.5 Å².